The fourth-order valence-corrected chi connectivity index (χ4v) is 1.37. The lowest BCUT2D eigenvalue weighted by atomic mass is 10.2. The molecule has 0 aliphatic heterocycles. The van der Waals surface area contributed by atoms with Gasteiger partial charge in [0.2, 0.25) is 5.82 Å². The van der Waals surface area contributed by atoms with Crippen LogP contribution in [0.1, 0.15) is 10.7 Å². The van der Waals surface area contributed by atoms with E-state index in [-0.39, 0.29) is 17.5 Å². The second-order valence-electron chi connectivity index (χ2n) is 3.68. The van der Waals surface area contributed by atoms with Crippen LogP contribution in [0.4, 0.5) is 4.39 Å². The Labute approximate surface area is 108 Å². The molecule has 0 saturated heterocycles. The lowest BCUT2D eigenvalue weighted by Gasteiger charge is -1.99. The Morgan fingerprint density at radius 3 is 2.84 bits per heavy atom. The van der Waals surface area contributed by atoms with Gasteiger partial charge < -0.3 is 14.6 Å². The summed E-state index contributed by atoms with van der Waals surface area (Å²) >= 11 is 0. The molecule has 1 heterocycles. The molecule has 0 unspecified atom stereocenters. The summed E-state index contributed by atoms with van der Waals surface area (Å²) in [6.45, 7) is 0.744. The van der Waals surface area contributed by atoms with E-state index in [0.717, 1.165) is 0 Å². The number of hydrogen-bond donors (Lipinski definition) is 1. The first-order chi connectivity index (χ1) is 9.20. The second kappa shape index (κ2) is 6.05. The Bertz CT molecular complexity index is 554. The summed E-state index contributed by atoms with van der Waals surface area (Å²) in [6.07, 6.45) is 0. The van der Waals surface area contributed by atoms with Crippen LogP contribution < -0.4 is 5.32 Å². The van der Waals surface area contributed by atoms with E-state index in [4.69, 9.17) is 9.26 Å². The minimum absolute atomic E-state index is 0.143. The van der Waals surface area contributed by atoms with Crippen LogP contribution in [0.25, 0.3) is 11.4 Å². The molecule has 100 valence electrons. The summed E-state index contributed by atoms with van der Waals surface area (Å²) in [7, 11) is 1.53. The number of ether oxygens (including phenoxy) is 1. The van der Waals surface area contributed by atoms with Crippen LogP contribution in [0.3, 0.4) is 0 Å². The van der Waals surface area contributed by atoms with Gasteiger partial charge in [0.05, 0.1) is 6.61 Å². The van der Waals surface area contributed by atoms with E-state index in [1.807, 2.05) is 0 Å². The van der Waals surface area contributed by atoms with E-state index in [0.29, 0.717) is 18.7 Å². The molecule has 0 aliphatic rings. The van der Waals surface area contributed by atoms with E-state index in [1.54, 1.807) is 0 Å². The molecule has 1 N–H and O–H groups in total. The number of amides is 1. The second-order valence-corrected chi connectivity index (χ2v) is 3.68. The van der Waals surface area contributed by atoms with E-state index in [9.17, 15) is 9.18 Å². The average Bonchev–Trinajstić information content (AvgIpc) is 2.89. The Morgan fingerprint density at radius 1 is 1.42 bits per heavy atom. The van der Waals surface area contributed by atoms with Gasteiger partial charge in [-0.1, -0.05) is 5.16 Å². The van der Waals surface area contributed by atoms with Gasteiger partial charge in [0, 0.05) is 19.2 Å². The molecule has 0 radical (unpaired) electrons. The van der Waals surface area contributed by atoms with Gasteiger partial charge in [0.25, 0.3) is 0 Å². The predicted molar refractivity (Wildman–Crippen MR) is 63.9 cm³/mol. The van der Waals surface area contributed by atoms with Gasteiger partial charge in [-0.2, -0.15) is 4.98 Å². The van der Waals surface area contributed by atoms with Crippen LogP contribution in [0.15, 0.2) is 28.8 Å². The maximum atomic E-state index is 12.8. The maximum absolute atomic E-state index is 12.8. The van der Waals surface area contributed by atoms with Crippen molar-refractivity contribution >= 4 is 5.91 Å². The molecule has 2 aromatic rings. The highest BCUT2D eigenvalue weighted by Gasteiger charge is 2.15. The first-order valence-corrected chi connectivity index (χ1v) is 5.57. The highest BCUT2D eigenvalue weighted by Crippen LogP contribution is 2.15. The summed E-state index contributed by atoms with van der Waals surface area (Å²) in [5, 5.41) is 6.22. The number of nitrogens with zero attached hydrogens (tertiary/aromatic N) is 2. The summed E-state index contributed by atoms with van der Waals surface area (Å²) in [5.74, 6) is -0.741. The molecule has 1 aromatic heterocycles. The summed E-state index contributed by atoms with van der Waals surface area (Å²) in [5.41, 5.74) is 0.570. The first kappa shape index (κ1) is 13.2. The lowest BCUT2D eigenvalue weighted by Crippen LogP contribution is -2.27. The van der Waals surface area contributed by atoms with Crippen LogP contribution in [-0.4, -0.2) is 36.3 Å². The maximum Gasteiger partial charge on any atom is 0.316 e. The molecule has 0 bridgehead atoms. The monoisotopic (exact) mass is 265 g/mol. The number of aromatic nitrogens is 2. The smallest absolute Gasteiger partial charge is 0.316 e. The third-order valence-corrected chi connectivity index (χ3v) is 2.31. The van der Waals surface area contributed by atoms with Crippen LogP contribution in [0.2, 0.25) is 0 Å². The van der Waals surface area contributed by atoms with Crippen LogP contribution >= 0.6 is 0 Å². The summed E-state index contributed by atoms with van der Waals surface area (Å²) in [4.78, 5) is 15.5. The minimum Gasteiger partial charge on any atom is -0.383 e. The first-order valence-electron chi connectivity index (χ1n) is 5.57. The largest absolute Gasteiger partial charge is 0.383 e. The van der Waals surface area contributed by atoms with Gasteiger partial charge in [0.15, 0.2) is 0 Å². The molecule has 1 amide bonds. The van der Waals surface area contributed by atoms with Crippen LogP contribution in [0.5, 0.6) is 0 Å². The van der Waals surface area contributed by atoms with Gasteiger partial charge in [-0.15, -0.1) is 0 Å². The molecule has 0 spiro atoms. The number of nitrogens with one attached hydrogen (secondary N) is 1. The Balaban J connectivity index is 2.06. The number of hydrogen-bond acceptors (Lipinski definition) is 5. The highest BCUT2D eigenvalue weighted by molar-refractivity contribution is 5.89. The van der Waals surface area contributed by atoms with Crippen molar-refractivity contribution in [3.8, 4) is 11.4 Å². The number of methoxy groups -OCH3 is 1. The highest BCUT2D eigenvalue weighted by atomic mass is 19.1. The normalized spacial score (nSPS) is 10.4. The number of benzene rings is 1. The molecule has 0 aliphatic carbocycles. The molecule has 6 nitrogen and oxygen atoms in total. The topological polar surface area (TPSA) is 77.2 Å². The van der Waals surface area contributed by atoms with Crippen molar-refractivity contribution in [3.05, 3.63) is 36.0 Å². The van der Waals surface area contributed by atoms with E-state index < -0.39 is 5.91 Å². The zero-order valence-electron chi connectivity index (χ0n) is 10.2. The van der Waals surface area contributed by atoms with Crippen molar-refractivity contribution in [1.29, 1.82) is 0 Å². The van der Waals surface area contributed by atoms with Crippen molar-refractivity contribution in [2.75, 3.05) is 20.3 Å². The zero-order chi connectivity index (χ0) is 13.7. The fraction of sp³-hybridized carbons (Fsp3) is 0.250. The van der Waals surface area contributed by atoms with Gasteiger partial charge >= 0.3 is 11.8 Å². The quantitative estimate of drug-likeness (QED) is 0.823. The minimum atomic E-state index is -0.474. The van der Waals surface area contributed by atoms with Crippen molar-refractivity contribution < 1.29 is 18.4 Å². The third kappa shape index (κ3) is 3.35. The van der Waals surface area contributed by atoms with E-state index in [1.165, 1.54) is 31.4 Å². The SMILES string of the molecule is COCCNC(=O)c1nc(-c2ccc(F)cc2)no1. The van der Waals surface area contributed by atoms with Gasteiger partial charge in [-0.05, 0) is 24.3 Å². The number of carbonyl (C=O) groups is 1. The number of halogens is 1. The molecule has 1 aromatic carbocycles. The number of carbonyl (C=O) groups excluding carboxylic acids is 1. The molecule has 0 fully saturated rings. The van der Waals surface area contributed by atoms with E-state index >= 15 is 0 Å². The standard InChI is InChI=1S/C12H12FN3O3/c1-18-7-6-14-11(17)12-15-10(16-19-12)8-2-4-9(13)5-3-8/h2-5H,6-7H2,1H3,(H,14,17). The van der Waals surface area contributed by atoms with Gasteiger partial charge in [-0.3, -0.25) is 4.79 Å². The molecule has 0 saturated carbocycles. The number of rotatable bonds is 5. The van der Waals surface area contributed by atoms with Crippen LogP contribution in [-0.2, 0) is 4.74 Å². The average molecular weight is 265 g/mol. The third-order valence-electron chi connectivity index (χ3n) is 2.31. The van der Waals surface area contributed by atoms with Crippen LogP contribution in [0, 0.1) is 5.82 Å². The van der Waals surface area contributed by atoms with Crippen molar-refractivity contribution in [1.82, 2.24) is 15.5 Å². The lowest BCUT2D eigenvalue weighted by molar-refractivity contribution is 0.0893. The zero-order valence-corrected chi connectivity index (χ0v) is 10.2. The Kier molecular flexibility index (Phi) is 4.19. The van der Waals surface area contributed by atoms with E-state index in [2.05, 4.69) is 15.5 Å². The molecule has 0 atom stereocenters. The fourth-order valence-electron chi connectivity index (χ4n) is 1.37. The van der Waals surface area contributed by atoms with Crippen molar-refractivity contribution in [2.24, 2.45) is 0 Å². The molecular weight excluding hydrogens is 253 g/mol. The van der Waals surface area contributed by atoms with Gasteiger partial charge in [-0.25, -0.2) is 4.39 Å². The molecule has 2 rings (SSSR count). The Hall–Kier alpha value is -2.28. The molecular formula is C12H12FN3O3. The Morgan fingerprint density at radius 2 is 2.16 bits per heavy atom. The molecule has 7 heteroatoms. The van der Waals surface area contributed by atoms with Crippen molar-refractivity contribution in [2.45, 2.75) is 0 Å². The summed E-state index contributed by atoms with van der Waals surface area (Å²) in [6, 6.07) is 5.58. The molecule has 19 heavy (non-hydrogen) atoms. The summed E-state index contributed by atoms with van der Waals surface area (Å²) < 4.78 is 22.4. The predicted octanol–water partition coefficient (Wildman–Crippen LogP) is 1.25. The van der Waals surface area contributed by atoms with Crippen molar-refractivity contribution in [3.63, 3.8) is 0 Å². The van der Waals surface area contributed by atoms with Gasteiger partial charge in [0.1, 0.15) is 5.82 Å².